The van der Waals surface area contributed by atoms with Gasteiger partial charge in [-0.15, -0.1) is 0 Å². The van der Waals surface area contributed by atoms with Gasteiger partial charge < -0.3 is 14.2 Å². The smallest absolute Gasteiger partial charge is 0.292 e. The molecule has 17 heavy (non-hydrogen) atoms. The Kier molecular flexibility index (Phi) is 5.77. The summed E-state index contributed by atoms with van der Waals surface area (Å²) >= 11 is 0. The molecule has 0 spiro atoms. The number of nitrogens with zero attached hydrogens (tertiary/aromatic N) is 2. The van der Waals surface area contributed by atoms with E-state index in [1.165, 1.54) is 0 Å². The van der Waals surface area contributed by atoms with E-state index in [1.54, 1.807) is 10.6 Å². The van der Waals surface area contributed by atoms with Crippen LogP contribution in [-0.4, -0.2) is 36.7 Å². The largest absolute Gasteiger partial charge is 0.488 e. The second-order valence-corrected chi connectivity index (χ2v) is 4.38. The minimum Gasteiger partial charge on any atom is -0.488 e. The van der Waals surface area contributed by atoms with Crippen LogP contribution in [0.3, 0.4) is 0 Å². The zero-order valence-electron chi connectivity index (χ0n) is 11.0. The maximum atomic E-state index is 12.0. The molecule has 1 aromatic rings. The Morgan fingerprint density at radius 1 is 1.41 bits per heavy atom. The van der Waals surface area contributed by atoms with Crippen molar-refractivity contribution in [2.75, 3.05) is 27.2 Å². The van der Waals surface area contributed by atoms with E-state index in [1.807, 2.05) is 33.3 Å². The van der Waals surface area contributed by atoms with Crippen LogP contribution in [0.4, 0.5) is 0 Å². The van der Waals surface area contributed by atoms with Crippen LogP contribution < -0.4 is 10.3 Å². The third-order valence-corrected chi connectivity index (χ3v) is 2.45. The minimum atomic E-state index is -0.0280. The molecule has 4 nitrogen and oxygen atoms in total. The fourth-order valence-corrected chi connectivity index (χ4v) is 1.57. The zero-order valence-corrected chi connectivity index (χ0v) is 11.0. The van der Waals surface area contributed by atoms with Crippen molar-refractivity contribution >= 4 is 0 Å². The van der Waals surface area contributed by atoms with Crippen molar-refractivity contribution in [2.45, 2.75) is 26.3 Å². The van der Waals surface area contributed by atoms with Crippen molar-refractivity contribution in [3.63, 3.8) is 0 Å². The number of rotatable bonds is 7. The fraction of sp³-hybridized carbons (Fsp3) is 0.615. The summed E-state index contributed by atoms with van der Waals surface area (Å²) in [5.41, 5.74) is -0.0280. The lowest BCUT2D eigenvalue weighted by molar-refractivity contribution is 0.309. The lowest BCUT2D eigenvalue weighted by atomic mass is 10.3. The van der Waals surface area contributed by atoms with Gasteiger partial charge in [-0.2, -0.15) is 0 Å². The van der Waals surface area contributed by atoms with Crippen LogP contribution in [0, 0.1) is 0 Å². The highest BCUT2D eigenvalue weighted by Gasteiger charge is 2.03. The minimum absolute atomic E-state index is 0.0280. The Hall–Kier alpha value is -1.29. The molecule has 0 saturated carbocycles. The summed E-state index contributed by atoms with van der Waals surface area (Å²) in [5, 5.41) is 0. The van der Waals surface area contributed by atoms with Gasteiger partial charge in [0.15, 0.2) is 5.75 Å². The Balaban J connectivity index is 2.63. The first kappa shape index (κ1) is 13.8. The van der Waals surface area contributed by atoms with Gasteiger partial charge in [-0.1, -0.05) is 6.92 Å². The second kappa shape index (κ2) is 7.12. The average Bonchev–Trinajstić information content (AvgIpc) is 2.29. The van der Waals surface area contributed by atoms with Gasteiger partial charge in [0.25, 0.3) is 5.56 Å². The molecule has 0 aliphatic rings. The van der Waals surface area contributed by atoms with Crippen LogP contribution in [0.5, 0.6) is 5.75 Å². The molecular formula is C13H22N2O2. The van der Waals surface area contributed by atoms with Gasteiger partial charge in [-0.25, -0.2) is 0 Å². The molecule has 0 amide bonds. The molecule has 0 atom stereocenters. The number of ether oxygens (including phenoxy) is 1. The van der Waals surface area contributed by atoms with Gasteiger partial charge in [0, 0.05) is 12.7 Å². The standard InChI is InChI=1S/C13H22N2O2/c1-4-11-17-12-7-5-9-15(13(12)16)10-6-8-14(2)3/h5,7,9H,4,6,8,10-11H2,1-3H3. The highest BCUT2D eigenvalue weighted by atomic mass is 16.5. The average molecular weight is 238 g/mol. The van der Waals surface area contributed by atoms with Crippen molar-refractivity contribution < 1.29 is 4.74 Å². The summed E-state index contributed by atoms with van der Waals surface area (Å²) < 4.78 is 7.13. The van der Waals surface area contributed by atoms with Gasteiger partial charge in [0.05, 0.1) is 6.61 Å². The van der Waals surface area contributed by atoms with Crippen LogP contribution in [0.1, 0.15) is 19.8 Å². The molecule has 0 aliphatic heterocycles. The predicted octanol–water partition coefficient (Wildman–Crippen LogP) is 1.59. The maximum absolute atomic E-state index is 12.0. The van der Waals surface area contributed by atoms with Crippen LogP contribution in [0.25, 0.3) is 0 Å². The van der Waals surface area contributed by atoms with E-state index in [2.05, 4.69) is 4.90 Å². The molecule has 1 rings (SSSR count). The summed E-state index contributed by atoms with van der Waals surface area (Å²) in [7, 11) is 4.06. The number of pyridine rings is 1. The third-order valence-electron chi connectivity index (χ3n) is 2.45. The highest BCUT2D eigenvalue weighted by molar-refractivity contribution is 5.17. The quantitative estimate of drug-likeness (QED) is 0.723. The molecule has 0 N–H and O–H groups in total. The van der Waals surface area contributed by atoms with E-state index in [4.69, 9.17) is 4.74 Å². The van der Waals surface area contributed by atoms with E-state index in [9.17, 15) is 4.79 Å². The number of hydrogen-bond donors (Lipinski definition) is 0. The highest BCUT2D eigenvalue weighted by Crippen LogP contribution is 2.03. The summed E-state index contributed by atoms with van der Waals surface area (Å²) in [6.07, 6.45) is 3.69. The number of aromatic nitrogens is 1. The molecule has 0 fully saturated rings. The van der Waals surface area contributed by atoms with Gasteiger partial charge in [-0.05, 0) is 45.6 Å². The lowest BCUT2D eigenvalue weighted by Gasteiger charge is -2.11. The van der Waals surface area contributed by atoms with Gasteiger partial charge in [-0.3, -0.25) is 4.79 Å². The Labute approximate surface area is 103 Å². The maximum Gasteiger partial charge on any atom is 0.292 e. The van der Waals surface area contributed by atoms with Gasteiger partial charge in [0.1, 0.15) is 0 Å². The Morgan fingerprint density at radius 3 is 2.82 bits per heavy atom. The first-order valence-corrected chi connectivity index (χ1v) is 6.12. The van der Waals surface area contributed by atoms with Gasteiger partial charge in [0.2, 0.25) is 0 Å². The van der Waals surface area contributed by atoms with Crippen molar-refractivity contribution in [2.24, 2.45) is 0 Å². The molecule has 4 heteroatoms. The number of hydrogen-bond acceptors (Lipinski definition) is 3. The van der Waals surface area contributed by atoms with Crippen molar-refractivity contribution in [1.82, 2.24) is 9.47 Å². The molecular weight excluding hydrogens is 216 g/mol. The molecule has 0 radical (unpaired) electrons. The van der Waals surface area contributed by atoms with Crippen LogP contribution in [-0.2, 0) is 6.54 Å². The van der Waals surface area contributed by atoms with Crippen LogP contribution in [0.15, 0.2) is 23.1 Å². The molecule has 1 aromatic heterocycles. The zero-order chi connectivity index (χ0) is 12.7. The van der Waals surface area contributed by atoms with E-state index < -0.39 is 0 Å². The van der Waals surface area contributed by atoms with Gasteiger partial charge >= 0.3 is 0 Å². The second-order valence-electron chi connectivity index (χ2n) is 4.38. The summed E-state index contributed by atoms with van der Waals surface area (Å²) in [5.74, 6) is 0.458. The van der Waals surface area contributed by atoms with E-state index in [0.717, 1.165) is 25.9 Å². The predicted molar refractivity (Wildman–Crippen MR) is 69.7 cm³/mol. The van der Waals surface area contributed by atoms with Crippen LogP contribution >= 0.6 is 0 Å². The monoisotopic (exact) mass is 238 g/mol. The lowest BCUT2D eigenvalue weighted by Crippen LogP contribution is -2.23. The topological polar surface area (TPSA) is 34.5 Å². The van der Waals surface area contributed by atoms with Crippen LogP contribution in [0.2, 0.25) is 0 Å². The summed E-state index contributed by atoms with van der Waals surface area (Å²) in [6, 6.07) is 3.60. The first-order chi connectivity index (χ1) is 8.15. The third kappa shape index (κ3) is 4.61. The SMILES string of the molecule is CCCOc1cccn(CCCN(C)C)c1=O. The van der Waals surface area contributed by atoms with Crippen molar-refractivity contribution in [3.05, 3.63) is 28.7 Å². The van der Waals surface area contributed by atoms with E-state index in [-0.39, 0.29) is 5.56 Å². The molecule has 0 aromatic carbocycles. The first-order valence-electron chi connectivity index (χ1n) is 6.12. The van der Waals surface area contributed by atoms with Crippen molar-refractivity contribution in [1.29, 1.82) is 0 Å². The van der Waals surface area contributed by atoms with Crippen molar-refractivity contribution in [3.8, 4) is 5.75 Å². The normalized spacial score (nSPS) is 10.8. The fourth-order valence-electron chi connectivity index (χ4n) is 1.57. The molecule has 0 aliphatic carbocycles. The van der Waals surface area contributed by atoms with E-state index in [0.29, 0.717) is 12.4 Å². The summed E-state index contributed by atoms with van der Waals surface area (Å²) in [6.45, 7) is 4.34. The Morgan fingerprint density at radius 2 is 2.18 bits per heavy atom. The van der Waals surface area contributed by atoms with E-state index >= 15 is 0 Å². The molecule has 96 valence electrons. The number of aryl methyl sites for hydroxylation is 1. The molecule has 0 saturated heterocycles. The summed E-state index contributed by atoms with van der Waals surface area (Å²) in [4.78, 5) is 14.1. The molecule has 0 unspecified atom stereocenters. The molecule has 0 bridgehead atoms. The molecule has 1 heterocycles. The Bertz CT molecular complexity index is 385.